The van der Waals surface area contributed by atoms with Crippen molar-refractivity contribution >= 4 is 9.84 Å². The largest absolute Gasteiger partial charge is 0.320 e. The van der Waals surface area contributed by atoms with Gasteiger partial charge in [-0.05, 0) is 6.42 Å². The van der Waals surface area contributed by atoms with E-state index in [1.165, 1.54) is 0 Å². The van der Waals surface area contributed by atoms with E-state index in [4.69, 9.17) is 0 Å². The van der Waals surface area contributed by atoms with Gasteiger partial charge < -0.3 is 9.88 Å². The molecule has 0 aliphatic carbocycles. The van der Waals surface area contributed by atoms with Crippen LogP contribution in [-0.4, -0.2) is 40.7 Å². The number of aryl methyl sites for hydroxylation is 1. The predicted molar refractivity (Wildman–Crippen MR) is 54.9 cm³/mol. The van der Waals surface area contributed by atoms with Crippen LogP contribution in [0.15, 0.2) is 6.33 Å². The second kappa shape index (κ2) is 3.90. The van der Waals surface area contributed by atoms with Crippen LogP contribution in [-0.2, 0) is 23.4 Å². The zero-order chi connectivity index (χ0) is 10.9. The summed E-state index contributed by atoms with van der Waals surface area (Å²) in [5.74, 6) is 1.35. The lowest BCUT2D eigenvalue weighted by Gasteiger charge is -2.09. The third-order valence-corrected chi connectivity index (χ3v) is 4.35. The van der Waals surface area contributed by atoms with Crippen LogP contribution >= 0.6 is 0 Å². The molecule has 1 aliphatic rings. The number of aromatic nitrogens is 3. The van der Waals surface area contributed by atoms with E-state index in [0.29, 0.717) is 18.7 Å². The first-order chi connectivity index (χ1) is 7.07. The van der Waals surface area contributed by atoms with Gasteiger partial charge in [-0.25, -0.2) is 8.42 Å². The molecule has 15 heavy (non-hydrogen) atoms. The standard InChI is InChI=1S/C8H14N4O2S/c1-12-6-10-11-8(12)4-9-7-2-3-15(13,14)5-7/h6-7,9H,2-5H2,1H3. The summed E-state index contributed by atoms with van der Waals surface area (Å²) in [5, 5.41) is 10.8. The van der Waals surface area contributed by atoms with E-state index in [2.05, 4.69) is 15.5 Å². The average Bonchev–Trinajstić information content (AvgIpc) is 2.69. The quantitative estimate of drug-likeness (QED) is 0.727. The molecule has 6 nitrogen and oxygen atoms in total. The monoisotopic (exact) mass is 230 g/mol. The fraction of sp³-hybridized carbons (Fsp3) is 0.750. The molecule has 1 aromatic heterocycles. The first kappa shape index (κ1) is 10.6. The third kappa shape index (κ3) is 2.54. The third-order valence-electron chi connectivity index (χ3n) is 2.59. The fourth-order valence-electron chi connectivity index (χ4n) is 1.66. The summed E-state index contributed by atoms with van der Waals surface area (Å²) in [6.45, 7) is 0.566. The van der Waals surface area contributed by atoms with Crippen molar-refractivity contribution in [3.63, 3.8) is 0 Å². The number of nitrogens with zero attached hydrogens (tertiary/aromatic N) is 3. The van der Waals surface area contributed by atoms with Gasteiger partial charge >= 0.3 is 0 Å². The van der Waals surface area contributed by atoms with Crippen molar-refractivity contribution in [3.8, 4) is 0 Å². The van der Waals surface area contributed by atoms with Crippen LogP contribution in [0.25, 0.3) is 0 Å². The smallest absolute Gasteiger partial charge is 0.151 e. The van der Waals surface area contributed by atoms with Gasteiger partial charge in [0.15, 0.2) is 9.84 Å². The van der Waals surface area contributed by atoms with Crippen LogP contribution in [0, 0.1) is 0 Å². The first-order valence-corrected chi connectivity index (χ1v) is 6.66. The second-order valence-corrected chi connectivity index (χ2v) is 6.07. The topological polar surface area (TPSA) is 76.9 Å². The summed E-state index contributed by atoms with van der Waals surface area (Å²) in [5.41, 5.74) is 0. The molecule has 0 spiro atoms. The van der Waals surface area contributed by atoms with Gasteiger partial charge in [0.25, 0.3) is 0 Å². The summed E-state index contributed by atoms with van der Waals surface area (Å²) < 4.78 is 24.2. The van der Waals surface area contributed by atoms with E-state index in [0.717, 1.165) is 5.82 Å². The maximum atomic E-state index is 11.2. The highest BCUT2D eigenvalue weighted by molar-refractivity contribution is 7.91. The van der Waals surface area contributed by atoms with Gasteiger partial charge in [0.2, 0.25) is 0 Å². The number of rotatable bonds is 3. The molecule has 0 amide bonds. The van der Waals surface area contributed by atoms with Gasteiger partial charge in [-0.2, -0.15) is 0 Å². The van der Waals surface area contributed by atoms with E-state index < -0.39 is 9.84 Å². The molecule has 7 heteroatoms. The van der Waals surface area contributed by atoms with Gasteiger partial charge in [-0.1, -0.05) is 0 Å². The van der Waals surface area contributed by atoms with Crippen LogP contribution in [0.1, 0.15) is 12.2 Å². The predicted octanol–water partition coefficient (Wildman–Crippen LogP) is -0.908. The van der Waals surface area contributed by atoms with Crippen molar-refractivity contribution in [2.45, 2.75) is 19.0 Å². The van der Waals surface area contributed by atoms with Crippen molar-refractivity contribution in [2.75, 3.05) is 11.5 Å². The Morgan fingerprint density at radius 3 is 3.00 bits per heavy atom. The molecule has 0 saturated carbocycles. The van der Waals surface area contributed by atoms with Crippen molar-refractivity contribution in [3.05, 3.63) is 12.2 Å². The normalized spacial score (nSPS) is 24.5. The van der Waals surface area contributed by atoms with Gasteiger partial charge in [0, 0.05) is 13.1 Å². The summed E-state index contributed by atoms with van der Waals surface area (Å²) in [4.78, 5) is 0. The van der Waals surface area contributed by atoms with Gasteiger partial charge in [-0.3, -0.25) is 0 Å². The SMILES string of the molecule is Cn1cnnc1CNC1CCS(=O)(=O)C1. The van der Waals surface area contributed by atoms with Gasteiger partial charge in [-0.15, -0.1) is 10.2 Å². The fourth-order valence-corrected chi connectivity index (χ4v) is 3.37. The molecule has 1 atom stereocenters. The lowest BCUT2D eigenvalue weighted by molar-refractivity contribution is 0.533. The molecule has 1 aromatic rings. The first-order valence-electron chi connectivity index (χ1n) is 4.83. The number of nitrogens with one attached hydrogen (secondary N) is 1. The van der Waals surface area contributed by atoms with E-state index in [9.17, 15) is 8.42 Å². The van der Waals surface area contributed by atoms with Crippen molar-refractivity contribution in [1.29, 1.82) is 0 Å². The number of sulfone groups is 1. The molecule has 0 radical (unpaired) electrons. The molecular weight excluding hydrogens is 216 g/mol. The molecule has 0 aromatic carbocycles. The zero-order valence-corrected chi connectivity index (χ0v) is 9.37. The van der Waals surface area contributed by atoms with Gasteiger partial charge in [0.05, 0.1) is 18.1 Å². The van der Waals surface area contributed by atoms with Crippen LogP contribution in [0.5, 0.6) is 0 Å². The van der Waals surface area contributed by atoms with E-state index in [-0.39, 0.29) is 11.8 Å². The van der Waals surface area contributed by atoms with Crippen molar-refractivity contribution in [2.24, 2.45) is 7.05 Å². The maximum Gasteiger partial charge on any atom is 0.151 e. The highest BCUT2D eigenvalue weighted by atomic mass is 32.2. The summed E-state index contributed by atoms with van der Waals surface area (Å²) in [7, 11) is -0.938. The molecule has 84 valence electrons. The van der Waals surface area contributed by atoms with E-state index in [1.807, 2.05) is 11.6 Å². The molecule has 1 saturated heterocycles. The highest BCUT2D eigenvalue weighted by Crippen LogP contribution is 2.11. The van der Waals surface area contributed by atoms with Crippen LogP contribution < -0.4 is 5.32 Å². The van der Waals surface area contributed by atoms with E-state index in [1.54, 1.807) is 6.33 Å². The lowest BCUT2D eigenvalue weighted by atomic mass is 10.2. The molecule has 1 fully saturated rings. The molecule has 1 aliphatic heterocycles. The molecule has 0 bridgehead atoms. The summed E-state index contributed by atoms with van der Waals surface area (Å²) >= 11 is 0. The summed E-state index contributed by atoms with van der Waals surface area (Å²) in [6.07, 6.45) is 2.32. The molecule has 1 unspecified atom stereocenters. The maximum absolute atomic E-state index is 11.2. The number of hydrogen-bond donors (Lipinski definition) is 1. The lowest BCUT2D eigenvalue weighted by Crippen LogP contribution is -2.30. The average molecular weight is 230 g/mol. The zero-order valence-electron chi connectivity index (χ0n) is 8.55. The Morgan fingerprint density at radius 2 is 2.47 bits per heavy atom. The number of hydrogen-bond acceptors (Lipinski definition) is 5. The summed E-state index contributed by atoms with van der Waals surface area (Å²) in [6, 6.07) is 0.0618. The molecule has 1 N–H and O–H groups in total. The second-order valence-electron chi connectivity index (χ2n) is 3.84. The van der Waals surface area contributed by atoms with Crippen LogP contribution in [0.4, 0.5) is 0 Å². The Bertz CT molecular complexity index is 439. The molecular formula is C8H14N4O2S. The minimum Gasteiger partial charge on any atom is -0.320 e. The van der Waals surface area contributed by atoms with Crippen molar-refractivity contribution < 1.29 is 8.42 Å². The Hall–Kier alpha value is -0.950. The molecule has 2 heterocycles. The van der Waals surface area contributed by atoms with Gasteiger partial charge in [0.1, 0.15) is 12.2 Å². The molecule has 2 rings (SSSR count). The highest BCUT2D eigenvalue weighted by Gasteiger charge is 2.27. The minimum absolute atomic E-state index is 0.0618. The van der Waals surface area contributed by atoms with Crippen molar-refractivity contribution in [1.82, 2.24) is 20.1 Å². The Labute approximate surface area is 88.6 Å². The van der Waals surface area contributed by atoms with Crippen LogP contribution in [0.2, 0.25) is 0 Å². The van der Waals surface area contributed by atoms with E-state index >= 15 is 0 Å². The Balaban J connectivity index is 1.88. The minimum atomic E-state index is -2.80. The Morgan fingerprint density at radius 1 is 1.67 bits per heavy atom. The Kier molecular flexibility index (Phi) is 2.74. The van der Waals surface area contributed by atoms with Crippen LogP contribution in [0.3, 0.4) is 0 Å².